The highest BCUT2D eigenvalue weighted by molar-refractivity contribution is 7.89. The minimum absolute atomic E-state index is 0.130. The van der Waals surface area contributed by atoms with Gasteiger partial charge in [0.05, 0.1) is 11.4 Å². The van der Waals surface area contributed by atoms with Crippen LogP contribution in [0.25, 0.3) is 10.9 Å². The summed E-state index contributed by atoms with van der Waals surface area (Å²) in [6.45, 7) is 0.370. The molecule has 1 aromatic heterocycles. The lowest BCUT2D eigenvalue weighted by molar-refractivity contribution is 0.218. The van der Waals surface area contributed by atoms with E-state index in [-0.39, 0.29) is 24.1 Å². The SMILES string of the molecule is O=S(=O)(c1ccc(F)c(F)c1)N1CCC(Oc2cccc3cccnc23)C1. The molecule has 1 atom stereocenters. The predicted octanol–water partition coefficient (Wildman–Crippen LogP) is 3.36. The lowest BCUT2D eigenvalue weighted by Gasteiger charge is -2.18. The van der Waals surface area contributed by atoms with Crippen molar-refractivity contribution in [2.24, 2.45) is 0 Å². The van der Waals surface area contributed by atoms with Gasteiger partial charge in [-0.25, -0.2) is 17.2 Å². The number of aromatic nitrogens is 1. The van der Waals surface area contributed by atoms with Crippen LogP contribution in [0.5, 0.6) is 5.75 Å². The summed E-state index contributed by atoms with van der Waals surface area (Å²) in [6.07, 6.45) is 1.81. The van der Waals surface area contributed by atoms with Gasteiger partial charge in [-0.05, 0) is 36.8 Å². The molecule has 27 heavy (non-hydrogen) atoms. The number of fused-ring (bicyclic) bond motifs is 1. The van der Waals surface area contributed by atoms with Crippen molar-refractivity contribution < 1.29 is 21.9 Å². The van der Waals surface area contributed by atoms with Crippen LogP contribution in [0.4, 0.5) is 8.78 Å². The lowest BCUT2D eigenvalue weighted by atomic mass is 10.2. The van der Waals surface area contributed by atoms with Crippen LogP contribution in [0.15, 0.2) is 59.6 Å². The standard InChI is InChI=1S/C19H16F2N2O3S/c20-16-7-6-15(11-17(16)21)27(24,25)23-10-8-14(12-23)26-18-5-1-3-13-4-2-9-22-19(13)18/h1-7,9,11,14H,8,10,12H2. The van der Waals surface area contributed by atoms with E-state index in [0.29, 0.717) is 23.8 Å². The monoisotopic (exact) mass is 390 g/mol. The van der Waals surface area contributed by atoms with Crippen LogP contribution in [0.3, 0.4) is 0 Å². The third-order valence-electron chi connectivity index (χ3n) is 4.53. The summed E-state index contributed by atoms with van der Waals surface area (Å²) in [4.78, 5) is 4.05. The van der Waals surface area contributed by atoms with Gasteiger partial charge in [-0.2, -0.15) is 4.31 Å². The Bertz CT molecular complexity index is 1100. The molecule has 1 aliphatic rings. The van der Waals surface area contributed by atoms with Crippen molar-refractivity contribution in [2.45, 2.75) is 17.4 Å². The zero-order chi connectivity index (χ0) is 19.0. The first-order valence-corrected chi connectivity index (χ1v) is 9.85. The third-order valence-corrected chi connectivity index (χ3v) is 6.39. The molecule has 0 radical (unpaired) electrons. The number of pyridine rings is 1. The van der Waals surface area contributed by atoms with Crippen molar-refractivity contribution in [3.8, 4) is 5.75 Å². The Kier molecular flexibility index (Phi) is 4.53. The molecule has 0 bridgehead atoms. The van der Waals surface area contributed by atoms with Crippen LogP contribution in [-0.2, 0) is 10.0 Å². The van der Waals surface area contributed by atoms with Gasteiger partial charge in [0.1, 0.15) is 17.4 Å². The van der Waals surface area contributed by atoms with Crippen molar-refractivity contribution in [2.75, 3.05) is 13.1 Å². The van der Waals surface area contributed by atoms with Crippen LogP contribution >= 0.6 is 0 Å². The van der Waals surface area contributed by atoms with Gasteiger partial charge in [0, 0.05) is 18.1 Å². The van der Waals surface area contributed by atoms with Gasteiger partial charge in [-0.1, -0.05) is 18.2 Å². The van der Waals surface area contributed by atoms with Crippen molar-refractivity contribution in [3.63, 3.8) is 0 Å². The van der Waals surface area contributed by atoms with Crippen LogP contribution in [0.2, 0.25) is 0 Å². The second-order valence-electron chi connectivity index (χ2n) is 6.30. The zero-order valence-electron chi connectivity index (χ0n) is 14.2. The average Bonchev–Trinajstić information content (AvgIpc) is 3.14. The minimum Gasteiger partial charge on any atom is -0.487 e. The van der Waals surface area contributed by atoms with E-state index in [1.165, 1.54) is 4.31 Å². The van der Waals surface area contributed by atoms with Crippen molar-refractivity contribution in [3.05, 3.63) is 66.4 Å². The van der Waals surface area contributed by atoms with E-state index in [1.54, 1.807) is 12.3 Å². The first-order valence-electron chi connectivity index (χ1n) is 8.41. The molecule has 140 valence electrons. The van der Waals surface area contributed by atoms with Gasteiger partial charge in [0.2, 0.25) is 10.0 Å². The van der Waals surface area contributed by atoms with Crippen molar-refractivity contribution in [1.29, 1.82) is 0 Å². The predicted molar refractivity (Wildman–Crippen MR) is 95.9 cm³/mol. The Morgan fingerprint density at radius 2 is 1.89 bits per heavy atom. The first-order chi connectivity index (χ1) is 12.9. The third kappa shape index (κ3) is 3.38. The molecule has 0 aliphatic carbocycles. The highest BCUT2D eigenvalue weighted by Crippen LogP contribution is 2.28. The van der Waals surface area contributed by atoms with Gasteiger partial charge >= 0.3 is 0 Å². The summed E-state index contributed by atoms with van der Waals surface area (Å²) < 4.78 is 59.1. The van der Waals surface area contributed by atoms with E-state index >= 15 is 0 Å². The molecule has 0 spiro atoms. The van der Waals surface area contributed by atoms with Crippen molar-refractivity contribution >= 4 is 20.9 Å². The topological polar surface area (TPSA) is 59.5 Å². The van der Waals surface area contributed by atoms with E-state index in [0.717, 1.165) is 17.5 Å². The molecule has 0 N–H and O–H groups in total. The summed E-state index contributed by atoms with van der Waals surface area (Å²) in [6, 6.07) is 11.9. The number of hydrogen-bond donors (Lipinski definition) is 0. The summed E-state index contributed by atoms with van der Waals surface area (Å²) >= 11 is 0. The van der Waals surface area contributed by atoms with Gasteiger partial charge in [0.25, 0.3) is 0 Å². The quantitative estimate of drug-likeness (QED) is 0.686. The number of sulfonamides is 1. The number of halogens is 2. The fourth-order valence-corrected chi connectivity index (χ4v) is 4.65. The van der Waals surface area contributed by atoms with Crippen LogP contribution in [-0.4, -0.2) is 36.9 Å². The number of nitrogens with zero attached hydrogens (tertiary/aromatic N) is 2. The summed E-state index contributed by atoms with van der Waals surface area (Å²) in [5, 5.41) is 0.930. The maximum atomic E-state index is 13.4. The second-order valence-corrected chi connectivity index (χ2v) is 8.24. The maximum Gasteiger partial charge on any atom is 0.243 e. The van der Waals surface area contributed by atoms with Crippen LogP contribution in [0.1, 0.15) is 6.42 Å². The number of rotatable bonds is 4. The van der Waals surface area contributed by atoms with E-state index < -0.39 is 21.7 Å². The lowest BCUT2D eigenvalue weighted by Crippen LogP contribution is -2.31. The van der Waals surface area contributed by atoms with Crippen LogP contribution < -0.4 is 4.74 Å². The molecule has 1 saturated heterocycles. The number of ether oxygens (including phenoxy) is 1. The number of hydrogen-bond acceptors (Lipinski definition) is 4. The largest absolute Gasteiger partial charge is 0.487 e. The van der Waals surface area contributed by atoms with Crippen molar-refractivity contribution in [1.82, 2.24) is 9.29 Å². The fraction of sp³-hybridized carbons (Fsp3) is 0.211. The molecule has 1 unspecified atom stereocenters. The summed E-state index contributed by atoms with van der Waals surface area (Å²) in [7, 11) is -3.91. The Labute approximate surface area is 155 Å². The van der Waals surface area contributed by atoms with Crippen LogP contribution in [0, 0.1) is 11.6 Å². The van der Waals surface area contributed by atoms with E-state index in [1.807, 2.05) is 24.3 Å². The smallest absolute Gasteiger partial charge is 0.243 e. The van der Waals surface area contributed by atoms with E-state index in [9.17, 15) is 17.2 Å². The molecule has 1 aliphatic heterocycles. The summed E-state index contributed by atoms with van der Waals surface area (Å²) in [5.41, 5.74) is 0.710. The first kappa shape index (κ1) is 17.8. The molecule has 3 aromatic rings. The molecule has 0 amide bonds. The molecular formula is C19H16F2N2O3S. The molecule has 8 heteroatoms. The van der Waals surface area contributed by atoms with Gasteiger partial charge in [-0.15, -0.1) is 0 Å². The molecular weight excluding hydrogens is 374 g/mol. The minimum atomic E-state index is -3.91. The van der Waals surface area contributed by atoms with E-state index in [2.05, 4.69) is 4.98 Å². The second kappa shape index (κ2) is 6.86. The average molecular weight is 390 g/mol. The van der Waals surface area contributed by atoms with Gasteiger partial charge in [0.15, 0.2) is 11.6 Å². The molecule has 2 aromatic carbocycles. The Hall–Kier alpha value is -2.58. The summed E-state index contributed by atoms with van der Waals surface area (Å²) in [5.74, 6) is -1.69. The Morgan fingerprint density at radius 3 is 2.70 bits per heavy atom. The Balaban J connectivity index is 1.53. The maximum absolute atomic E-state index is 13.4. The Morgan fingerprint density at radius 1 is 1.07 bits per heavy atom. The van der Waals surface area contributed by atoms with E-state index in [4.69, 9.17) is 4.74 Å². The number of benzene rings is 2. The molecule has 4 rings (SSSR count). The fourth-order valence-electron chi connectivity index (χ4n) is 3.15. The highest BCUT2D eigenvalue weighted by Gasteiger charge is 2.34. The zero-order valence-corrected chi connectivity index (χ0v) is 15.0. The molecule has 1 fully saturated rings. The molecule has 5 nitrogen and oxygen atoms in total. The highest BCUT2D eigenvalue weighted by atomic mass is 32.2. The number of para-hydroxylation sites is 1. The molecule has 0 saturated carbocycles. The molecule has 2 heterocycles. The van der Waals surface area contributed by atoms with Gasteiger partial charge < -0.3 is 4.74 Å². The van der Waals surface area contributed by atoms with Gasteiger partial charge in [-0.3, -0.25) is 4.98 Å². The normalized spacial score (nSPS) is 18.1.